The van der Waals surface area contributed by atoms with Crippen LogP contribution in [0.5, 0.6) is 11.5 Å². The van der Waals surface area contributed by atoms with Crippen LogP contribution >= 0.6 is 0 Å². The van der Waals surface area contributed by atoms with E-state index < -0.39 is 0 Å². The van der Waals surface area contributed by atoms with Crippen LogP contribution in [0.4, 0.5) is 0 Å². The van der Waals surface area contributed by atoms with Crippen molar-refractivity contribution >= 4 is 11.5 Å². The van der Waals surface area contributed by atoms with Crippen molar-refractivity contribution in [3.05, 3.63) is 149 Å². The molecule has 0 spiro atoms. The first-order chi connectivity index (χ1) is 17.7. The fourth-order valence-electron chi connectivity index (χ4n) is 4.66. The van der Waals surface area contributed by atoms with Crippen LogP contribution in [0, 0.1) is 6.92 Å². The summed E-state index contributed by atoms with van der Waals surface area (Å²) in [6.07, 6.45) is 3.57. The predicted molar refractivity (Wildman–Crippen MR) is 145 cm³/mol. The SMILES string of the molecule is CCOc1ccc(C(=O)C=CC2=C(c3ccccc3)Oc3ccccc3C2c2ccccc2C)cc1. The number of aryl methyl sites for hydroxylation is 1. The molecule has 0 aliphatic carbocycles. The van der Waals surface area contributed by atoms with Crippen LogP contribution in [0.25, 0.3) is 5.76 Å². The number of carbonyl (C=O) groups is 1. The van der Waals surface area contributed by atoms with Crippen LogP contribution in [-0.2, 0) is 0 Å². The summed E-state index contributed by atoms with van der Waals surface area (Å²) in [4.78, 5) is 13.2. The van der Waals surface area contributed by atoms with Crippen LogP contribution < -0.4 is 9.47 Å². The lowest BCUT2D eigenvalue weighted by Crippen LogP contribution is -2.16. The van der Waals surface area contributed by atoms with Gasteiger partial charge in [0, 0.05) is 28.2 Å². The van der Waals surface area contributed by atoms with Crippen molar-refractivity contribution in [1.82, 2.24) is 0 Å². The maximum absolute atomic E-state index is 13.2. The van der Waals surface area contributed by atoms with Gasteiger partial charge in [-0.1, -0.05) is 78.9 Å². The van der Waals surface area contributed by atoms with Gasteiger partial charge in [-0.05, 0) is 61.4 Å². The van der Waals surface area contributed by atoms with E-state index in [2.05, 4.69) is 37.3 Å². The van der Waals surface area contributed by atoms with Crippen molar-refractivity contribution in [2.45, 2.75) is 19.8 Å². The molecular formula is C33H28O3. The van der Waals surface area contributed by atoms with Crippen molar-refractivity contribution in [3.8, 4) is 11.5 Å². The van der Waals surface area contributed by atoms with Gasteiger partial charge in [0.25, 0.3) is 0 Å². The lowest BCUT2D eigenvalue weighted by molar-refractivity contribution is 0.104. The highest BCUT2D eigenvalue weighted by atomic mass is 16.5. The number of ether oxygens (including phenoxy) is 2. The van der Waals surface area contributed by atoms with Crippen LogP contribution in [0.1, 0.15) is 45.5 Å². The molecule has 0 aromatic heterocycles. The monoisotopic (exact) mass is 472 g/mol. The standard InChI is InChI=1S/C33H28O3/c1-3-35-26-19-17-24(18-20-26)30(34)22-21-29-32(27-14-8-7-11-23(27)2)28-15-9-10-16-31(28)36-33(29)25-12-5-4-6-13-25/h4-22,32H,3H2,1-2H3. The van der Waals surface area contributed by atoms with E-state index in [4.69, 9.17) is 9.47 Å². The molecule has 1 aliphatic heterocycles. The Labute approximate surface area is 212 Å². The summed E-state index contributed by atoms with van der Waals surface area (Å²) in [7, 11) is 0. The molecule has 0 amide bonds. The molecule has 0 radical (unpaired) electrons. The minimum absolute atomic E-state index is 0.0691. The van der Waals surface area contributed by atoms with E-state index in [-0.39, 0.29) is 11.7 Å². The summed E-state index contributed by atoms with van der Waals surface area (Å²) in [5, 5.41) is 0. The van der Waals surface area contributed by atoms with Crippen LogP contribution in [-0.4, -0.2) is 12.4 Å². The molecule has 1 unspecified atom stereocenters. The average molecular weight is 473 g/mol. The third-order valence-corrected chi connectivity index (χ3v) is 6.41. The predicted octanol–water partition coefficient (Wildman–Crippen LogP) is 7.77. The fourth-order valence-corrected chi connectivity index (χ4v) is 4.66. The Morgan fingerprint density at radius 1 is 0.833 bits per heavy atom. The summed E-state index contributed by atoms with van der Waals surface area (Å²) in [5.74, 6) is 2.21. The Kier molecular flexibility index (Phi) is 6.81. The first-order valence-corrected chi connectivity index (χ1v) is 12.2. The zero-order chi connectivity index (χ0) is 24.9. The van der Waals surface area contributed by atoms with Gasteiger partial charge in [-0.3, -0.25) is 4.79 Å². The maximum atomic E-state index is 13.2. The molecule has 0 fully saturated rings. The molecule has 1 atom stereocenters. The second kappa shape index (κ2) is 10.5. The van der Waals surface area contributed by atoms with Gasteiger partial charge in [-0.2, -0.15) is 0 Å². The molecular weight excluding hydrogens is 444 g/mol. The summed E-state index contributed by atoms with van der Waals surface area (Å²) in [5.41, 5.74) is 6.00. The van der Waals surface area contributed by atoms with E-state index in [0.29, 0.717) is 12.2 Å². The molecule has 1 heterocycles. The molecule has 5 rings (SSSR count). The number of hydrogen-bond acceptors (Lipinski definition) is 3. The summed E-state index contributed by atoms with van der Waals surface area (Å²) in [6.45, 7) is 4.66. The number of rotatable bonds is 7. The second-order valence-electron chi connectivity index (χ2n) is 8.73. The normalized spacial score (nSPS) is 14.9. The molecule has 3 heteroatoms. The molecule has 3 nitrogen and oxygen atoms in total. The minimum Gasteiger partial charge on any atom is -0.494 e. The van der Waals surface area contributed by atoms with Gasteiger partial charge < -0.3 is 9.47 Å². The number of allylic oxidation sites excluding steroid dienone is 3. The largest absolute Gasteiger partial charge is 0.494 e. The smallest absolute Gasteiger partial charge is 0.185 e. The van der Waals surface area contributed by atoms with Crippen molar-refractivity contribution in [2.24, 2.45) is 0 Å². The van der Waals surface area contributed by atoms with Crippen molar-refractivity contribution in [1.29, 1.82) is 0 Å². The molecule has 1 aliphatic rings. The van der Waals surface area contributed by atoms with Crippen molar-refractivity contribution in [3.63, 3.8) is 0 Å². The molecule has 4 aromatic carbocycles. The lowest BCUT2D eigenvalue weighted by Gasteiger charge is -2.31. The molecule has 0 N–H and O–H groups in total. The quantitative estimate of drug-likeness (QED) is 0.204. The molecule has 178 valence electrons. The highest BCUT2D eigenvalue weighted by molar-refractivity contribution is 6.05. The van der Waals surface area contributed by atoms with Gasteiger partial charge in [0.2, 0.25) is 0 Å². The number of hydrogen-bond donors (Lipinski definition) is 0. The Hall–Kier alpha value is -4.37. The Balaban J connectivity index is 1.63. The zero-order valence-corrected chi connectivity index (χ0v) is 20.5. The molecule has 0 bridgehead atoms. The average Bonchev–Trinajstić information content (AvgIpc) is 2.92. The minimum atomic E-state index is -0.0734. The van der Waals surface area contributed by atoms with E-state index in [9.17, 15) is 4.79 Å². The van der Waals surface area contributed by atoms with Gasteiger partial charge in [0.15, 0.2) is 5.78 Å². The van der Waals surface area contributed by atoms with Gasteiger partial charge in [0.1, 0.15) is 17.3 Å². The third kappa shape index (κ3) is 4.73. The number of ketones is 1. The van der Waals surface area contributed by atoms with Gasteiger partial charge in [-0.15, -0.1) is 0 Å². The second-order valence-corrected chi connectivity index (χ2v) is 8.73. The highest BCUT2D eigenvalue weighted by Gasteiger charge is 2.31. The summed E-state index contributed by atoms with van der Waals surface area (Å²) < 4.78 is 12.0. The number of fused-ring (bicyclic) bond motifs is 1. The zero-order valence-electron chi connectivity index (χ0n) is 20.5. The third-order valence-electron chi connectivity index (χ3n) is 6.41. The first kappa shape index (κ1) is 23.4. The van der Waals surface area contributed by atoms with Crippen LogP contribution in [0.15, 0.2) is 121 Å². The lowest BCUT2D eigenvalue weighted by atomic mass is 9.79. The van der Waals surface area contributed by atoms with E-state index in [1.54, 1.807) is 18.2 Å². The van der Waals surface area contributed by atoms with E-state index >= 15 is 0 Å². The molecule has 0 saturated carbocycles. The number of para-hydroxylation sites is 1. The fraction of sp³-hybridized carbons (Fsp3) is 0.121. The Morgan fingerprint density at radius 3 is 2.22 bits per heavy atom. The van der Waals surface area contributed by atoms with Crippen molar-refractivity contribution in [2.75, 3.05) is 6.61 Å². The molecule has 0 saturated heterocycles. The van der Waals surface area contributed by atoms with E-state index in [1.165, 1.54) is 11.1 Å². The van der Waals surface area contributed by atoms with Crippen LogP contribution in [0.2, 0.25) is 0 Å². The summed E-state index contributed by atoms with van der Waals surface area (Å²) in [6, 6.07) is 33.9. The van der Waals surface area contributed by atoms with Gasteiger partial charge in [0.05, 0.1) is 6.61 Å². The van der Waals surface area contributed by atoms with Gasteiger partial charge in [-0.25, -0.2) is 0 Å². The van der Waals surface area contributed by atoms with Crippen molar-refractivity contribution < 1.29 is 14.3 Å². The maximum Gasteiger partial charge on any atom is 0.185 e. The van der Waals surface area contributed by atoms with E-state index in [1.807, 2.05) is 73.7 Å². The molecule has 36 heavy (non-hydrogen) atoms. The van der Waals surface area contributed by atoms with E-state index in [0.717, 1.165) is 34.0 Å². The highest BCUT2D eigenvalue weighted by Crippen LogP contribution is 2.46. The molecule has 4 aromatic rings. The summed E-state index contributed by atoms with van der Waals surface area (Å²) >= 11 is 0. The number of carbonyl (C=O) groups excluding carboxylic acids is 1. The van der Waals surface area contributed by atoms with Crippen LogP contribution in [0.3, 0.4) is 0 Å². The Morgan fingerprint density at radius 2 is 1.50 bits per heavy atom. The number of benzene rings is 4. The topological polar surface area (TPSA) is 35.5 Å². The Bertz CT molecular complexity index is 1430. The first-order valence-electron chi connectivity index (χ1n) is 12.2. The van der Waals surface area contributed by atoms with Gasteiger partial charge >= 0.3 is 0 Å².